The van der Waals surface area contributed by atoms with E-state index in [1.807, 2.05) is 48.3 Å². The number of hydrogen-bond donors (Lipinski definition) is 0. The van der Waals surface area contributed by atoms with Gasteiger partial charge in [-0.2, -0.15) is 5.10 Å². The molecule has 178 valence electrons. The van der Waals surface area contributed by atoms with Crippen LogP contribution in [0.15, 0.2) is 48.5 Å². The van der Waals surface area contributed by atoms with Crippen LogP contribution in [0.3, 0.4) is 0 Å². The van der Waals surface area contributed by atoms with Crippen LogP contribution in [0.5, 0.6) is 0 Å². The summed E-state index contributed by atoms with van der Waals surface area (Å²) in [5.74, 6) is 1.12. The lowest BCUT2D eigenvalue weighted by Gasteiger charge is -2.23. The van der Waals surface area contributed by atoms with Crippen molar-refractivity contribution in [1.29, 1.82) is 0 Å². The van der Waals surface area contributed by atoms with Crippen molar-refractivity contribution < 1.29 is 9.72 Å². The van der Waals surface area contributed by atoms with Crippen LogP contribution in [-0.4, -0.2) is 50.7 Å². The molecule has 0 N–H and O–H groups in total. The molecule has 0 aliphatic carbocycles. The molecule has 0 bridgehead atoms. The molecule has 10 heteroatoms. The number of fused-ring (bicyclic) bond motifs is 2. The van der Waals surface area contributed by atoms with Gasteiger partial charge in [0.25, 0.3) is 5.91 Å². The van der Waals surface area contributed by atoms with Gasteiger partial charge in [0.15, 0.2) is 11.6 Å². The van der Waals surface area contributed by atoms with Gasteiger partial charge in [-0.05, 0) is 50.1 Å². The lowest BCUT2D eigenvalue weighted by Crippen LogP contribution is -2.32. The third-order valence-electron chi connectivity index (χ3n) is 6.33. The fourth-order valence-electron chi connectivity index (χ4n) is 4.48. The van der Waals surface area contributed by atoms with Gasteiger partial charge in [0.1, 0.15) is 11.4 Å². The minimum atomic E-state index is -0.404. The summed E-state index contributed by atoms with van der Waals surface area (Å²) in [5, 5.41) is 15.6. The van der Waals surface area contributed by atoms with Crippen molar-refractivity contribution in [1.82, 2.24) is 19.7 Å². The fraction of sp³-hybridized carbons (Fsp3) is 0.280. The molecule has 0 unspecified atom stereocenters. The minimum Gasteiger partial charge on any atom is -0.357 e. The third-order valence-corrected chi connectivity index (χ3v) is 6.33. The molecule has 35 heavy (non-hydrogen) atoms. The molecule has 1 amide bonds. The van der Waals surface area contributed by atoms with Crippen molar-refractivity contribution in [3.05, 3.63) is 81.2 Å². The second-order valence-corrected chi connectivity index (χ2v) is 8.72. The van der Waals surface area contributed by atoms with Crippen LogP contribution in [0.25, 0.3) is 11.0 Å². The highest BCUT2D eigenvalue weighted by Gasteiger charge is 2.28. The van der Waals surface area contributed by atoms with Crippen LogP contribution in [0.1, 0.15) is 33.7 Å². The Bertz CT molecular complexity index is 1450. The maximum absolute atomic E-state index is 13.6. The number of benzene rings is 2. The third kappa shape index (κ3) is 4.07. The van der Waals surface area contributed by atoms with Crippen LogP contribution in [-0.2, 0) is 6.54 Å². The summed E-state index contributed by atoms with van der Waals surface area (Å²) in [6, 6.07) is 14.9. The van der Waals surface area contributed by atoms with Gasteiger partial charge in [-0.25, -0.2) is 9.97 Å². The number of amides is 1. The van der Waals surface area contributed by atoms with Gasteiger partial charge in [0.05, 0.1) is 22.5 Å². The van der Waals surface area contributed by atoms with Gasteiger partial charge in [-0.15, -0.1) is 0 Å². The molecule has 4 aromatic rings. The molecule has 3 heterocycles. The van der Waals surface area contributed by atoms with Crippen molar-refractivity contribution in [3.8, 4) is 0 Å². The number of aryl methyl sites for hydroxylation is 1. The van der Waals surface area contributed by atoms with E-state index in [0.29, 0.717) is 41.7 Å². The average Bonchev–Trinajstić information content (AvgIpc) is 3.03. The number of nitro groups is 1. The average molecular weight is 472 g/mol. The maximum atomic E-state index is 13.6. The molecule has 1 aliphatic heterocycles. The van der Waals surface area contributed by atoms with Gasteiger partial charge < -0.3 is 4.90 Å². The molecule has 0 radical (unpaired) electrons. The highest BCUT2D eigenvalue weighted by molar-refractivity contribution is 6.07. The molecule has 5 rings (SSSR count). The molecule has 0 fully saturated rings. The van der Waals surface area contributed by atoms with E-state index in [1.54, 1.807) is 35.6 Å². The van der Waals surface area contributed by atoms with Crippen molar-refractivity contribution in [3.63, 3.8) is 0 Å². The summed E-state index contributed by atoms with van der Waals surface area (Å²) in [6.45, 7) is 5.02. The summed E-state index contributed by atoms with van der Waals surface area (Å²) < 4.78 is 1.62. The summed E-state index contributed by atoms with van der Waals surface area (Å²) in [5.41, 5.74) is 3.90. The first-order chi connectivity index (χ1) is 16.8. The summed E-state index contributed by atoms with van der Waals surface area (Å²) >= 11 is 0. The predicted octanol–water partition coefficient (Wildman–Crippen LogP) is 3.89. The summed E-state index contributed by atoms with van der Waals surface area (Å²) in [4.78, 5) is 37.8. The number of anilines is 2. The van der Waals surface area contributed by atoms with Gasteiger partial charge in [0.2, 0.25) is 0 Å². The lowest BCUT2D eigenvalue weighted by atomic mass is 10.1. The van der Waals surface area contributed by atoms with Crippen LogP contribution < -0.4 is 9.80 Å². The molecule has 1 aliphatic rings. The zero-order chi connectivity index (χ0) is 24.7. The van der Waals surface area contributed by atoms with Crippen LogP contribution >= 0.6 is 0 Å². The standard InChI is InChI=1S/C25H25N7O3/c1-16-22(32(34)35)17(2)31(28-16)15-18-9-11-19(12-10-18)25(33)30-14-6-13-29(3)23-24(30)27-21-8-5-4-7-20(21)26-23/h4-5,7-12H,6,13-15H2,1-3H3. The van der Waals surface area contributed by atoms with Crippen LogP contribution in [0.2, 0.25) is 0 Å². The van der Waals surface area contributed by atoms with E-state index in [4.69, 9.17) is 9.97 Å². The molecular formula is C25H25N7O3. The second-order valence-electron chi connectivity index (χ2n) is 8.72. The fourth-order valence-corrected chi connectivity index (χ4v) is 4.48. The van der Waals surface area contributed by atoms with Gasteiger partial charge >= 0.3 is 5.69 Å². The van der Waals surface area contributed by atoms with E-state index in [0.717, 1.165) is 29.6 Å². The highest BCUT2D eigenvalue weighted by Crippen LogP contribution is 2.31. The monoisotopic (exact) mass is 471 g/mol. The van der Waals surface area contributed by atoms with Crippen LogP contribution in [0.4, 0.5) is 17.3 Å². The Morgan fingerprint density at radius 3 is 2.29 bits per heavy atom. The zero-order valence-corrected chi connectivity index (χ0v) is 19.8. The molecule has 10 nitrogen and oxygen atoms in total. The van der Waals surface area contributed by atoms with E-state index in [9.17, 15) is 14.9 Å². The van der Waals surface area contributed by atoms with Crippen molar-refractivity contribution in [2.75, 3.05) is 29.9 Å². The Hall–Kier alpha value is -4.34. The number of carbonyl (C=O) groups is 1. The lowest BCUT2D eigenvalue weighted by molar-refractivity contribution is -0.386. The topological polar surface area (TPSA) is 110 Å². The molecule has 2 aromatic heterocycles. The molecule has 0 saturated carbocycles. The number of aromatic nitrogens is 4. The number of hydrogen-bond acceptors (Lipinski definition) is 7. The Balaban J connectivity index is 1.43. The largest absolute Gasteiger partial charge is 0.357 e. The minimum absolute atomic E-state index is 0.0372. The first-order valence-electron chi connectivity index (χ1n) is 11.4. The van der Waals surface area contributed by atoms with E-state index < -0.39 is 4.92 Å². The van der Waals surface area contributed by atoms with Crippen molar-refractivity contribution in [2.24, 2.45) is 0 Å². The first kappa shape index (κ1) is 22.5. The molecule has 2 aromatic carbocycles. The first-order valence-corrected chi connectivity index (χ1v) is 11.4. The number of para-hydroxylation sites is 2. The van der Waals surface area contributed by atoms with E-state index in [-0.39, 0.29) is 11.6 Å². The van der Waals surface area contributed by atoms with Gasteiger partial charge in [0, 0.05) is 25.7 Å². The molecule has 0 saturated heterocycles. The summed E-state index contributed by atoms with van der Waals surface area (Å²) in [6.07, 6.45) is 0.797. The summed E-state index contributed by atoms with van der Waals surface area (Å²) in [7, 11) is 1.97. The van der Waals surface area contributed by atoms with E-state index in [1.165, 1.54) is 0 Å². The number of rotatable bonds is 4. The zero-order valence-electron chi connectivity index (χ0n) is 19.8. The van der Waals surface area contributed by atoms with Gasteiger partial charge in [-0.1, -0.05) is 24.3 Å². The maximum Gasteiger partial charge on any atom is 0.312 e. The normalized spacial score (nSPS) is 13.6. The quantitative estimate of drug-likeness (QED) is 0.328. The van der Waals surface area contributed by atoms with Crippen molar-refractivity contribution >= 4 is 34.3 Å². The molecule has 0 atom stereocenters. The Morgan fingerprint density at radius 2 is 1.66 bits per heavy atom. The Labute approximate surface area is 202 Å². The smallest absolute Gasteiger partial charge is 0.312 e. The molecule has 0 spiro atoms. The highest BCUT2D eigenvalue weighted by atomic mass is 16.6. The van der Waals surface area contributed by atoms with Crippen molar-refractivity contribution in [2.45, 2.75) is 26.8 Å². The van der Waals surface area contributed by atoms with E-state index >= 15 is 0 Å². The predicted molar refractivity (Wildman–Crippen MR) is 133 cm³/mol. The number of nitrogens with zero attached hydrogens (tertiary/aromatic N) is 7. The van der Waals surface area contributed by atoms with E-state index in [2.05, 4.69) is 5.10 Å². The Morgan fingerprint density at radius 1 is 1.00 bits per heavy atom. The second kappa shape index (κ2) is 8.79. The molecular weight excluding hydrogens is 446 g/mol. The van der Waals surface area contributed by atoms with Gasteiger partial charge in [-0.3, -0.25) is 24.5 Å². The Kier molecular flexibility index (Phi) is 5.64. The van der Waals surface area contributed by atoms with Crippen LogP contribution in [0, 0.1) is 24.0 Å². The number of carbonyl (C=O) groups excluding carboxylic acids is 1. The SMILES string of the molecule is Cc1nn(Cc2ccc(C(=O)N3CCCN(C)c4nc5ccccc5nc43)cc2)c(C)c1[N+](=O)[O-].